The Morgan fingerprint density at radius 2 is 2.16 bits per heavy atom. The summed E-state index contributed by atoms with van der Waals surface area (Å²) in [6.07, 6.45) is -0.0228. The maximum absolute atomic E-state index is 11.7. The first-order valence-corrected chi connectivity index (χ1v) is 5.71. The van der Waals surface area contributed by atoms with E-state index >= 15 is 0 Å². The standard InChI is InChI=1S/C10H17N3O6/c1-19-10(18)11-6-2-3-13(4-6)9(17)12-7(5-14)8(15)16/h6-7,14H,2-5H2,1H3,(H,11,18)(H,12,17)(H,15,16)/t6?,7-/m1/s1. The van der Waals surface area contributed by atoms with Crippen molar-refractivity contribution in [1.29, 1.82) is 0 Å². The summed E-state index contributed by atoms with van der Waals surface area (Å²) >= 11 is 0. The molecule has 1 aliphatic heterocycles. The molecule has 1 aliphatic rings. The number of urea groups is 1. The number of ether oxygens (including phenoxy) is 1. The Hall–Kier alpha value is -2.03. The lowest BCUT2D eigenvalue weighted by Crippen LogP contribution is -2.49. The first kappa shape index (κ1) is 15.0. The van der Waals surface area contributed by atoms with Gasteiger partial charge in [-0.15, -0.1) is 0 Å². The quantitative estimate of drug-likeness (QED) is 0.498. The summed E-state index contributed by atoms with van der Waals surface area (Å²) in [5, 5.41) is 22.2. The summed E-state index contributed by atoms with van der Waals surface area (Å²) in [6, 6.07) is -2.15. The molecule has 1 rings (SSSR count). The van der Waals surface area contributed by atoms with Gasteiger partial charge in [0.25, 0.3) is 0 Å². The first-order chi connectivity index (χ1) is 8.97. The molecule has 1 heterocycles. The van der Waals surface area contributed by atoms with Crippen LogP contribution in [0.5, 0.6) is 0 Å². The number of carbonyl (C=O) groups is 3. The summed E-state index contributed by atoms with van der Waals surface area (Å²) in [6.45, 7) is -0.0320. The van der Waals surface area contributed by atoms with E-state index in [0.717, 1.165) is 0 Å². The summed E-state index contributed by atoms with van der Waals surface area (Å²) in [7, 11) is 1.24. The number of nitrogens with zero attached hydrogens (tertiary/aromatic N) is 1. The van der Waals surface area contributed by atoms with E-state index in [4.69, 9.17) is 10.2 Å². The number of aliphatic carboxylic acids is 1. The molecule has 0 bridgehead atoms. The summed E-state index contributed by atoms with van der Waals surface area (Å²) in [4.78, 5) is 34.7. The maximum Gasteiger partial charge on any atom is 0.407 e. The molecule has 3 amide bonds. The van der Waals surface area contributed by atoms with Crippen molar-refractivity contribution in [2.45, 2.75) is 18.5 Å². The number of aliphatic hydroxyl groups is 1. The number of carboxylic acids is 1. The Labute approximate surface area is 109 Å². The molecule has 9 heteroatoms. The number of hydrogen-bond acceptors (Lipinski definition) is 5. The highest BCUT2D eigenvalue weighted by Gasteiger charge is 2.29. The van der Waals surface area contributed by atoms with E-state index in [2.05, 4.69) is 15.4 Å². The van der Waals surface area contributed by atoms with Gasteiger partial charge in [0.1, 0.15) is 0 Å². The van der Waals surface area contributed by atoms with Crippen LogP contribution in [0.2, 0.25) is 0 Å². The average Bonchev–Trinajstić information content (AvgIpc) is 2.83. The van der Waals surface area contributed by atoms with Gasteiger partial charge in [-0.25, -0.2) is 14.4 Å². The lowest BCUT2D eigenvalue weighted by molar-refractivity contribution is -0.140. The third kappa shape index (κ3) is 4.28. The Bertz CT molecular complexity index is 361. The van der Waals surface area contributed by atoms with Gasteiger partial charge in [-0.3, -0.25) is 0 Å². The minimum Gasteiger partial charge on any atom is -0.480 e. The van der Waals surface area contributed by atoms with E-state index in [1.165, 1.54) is 12.0 Å². The van der Waals surface area contributed by atoms with Gasteiger partial charge in [0.05, 0.1) is 19.8 Å². The van der Waals surface area contributed by atoms with Crippen LogP contribution in [0.3, 0.4) is 0 Å². The minimum absolute atomic E-state index is 0.226. The number of rotatable bonds is 4. The Balaban J connectivity index is 2.43. The third-order valence-electron chi connectivity index (χ3n) is 2.76. The molecular formula is C10H17N3O6. The fourth-order valence-electron chi connectivity index (χ4n) is 1.71. The van der Waals surface area contributed by atoms with Gasteiger partial charge in [0.2, 0.25) is 0 Å². The zero-order valence-electron chi connectivity index (χ0n) is 10.5. The molecule has 2 atom stereocenters. The number of carboxylic acid groups (broad SMARTS) is 1. The van der Waals surface area contributed by atoms with E-state index in [0.29, 0.717) is 13.0 Å². The predicted octanol–water partition coefficient (Wildman–Crippen LogP) is -1.43. The second kappa shape index (κ2) is 6.78. The molecule has 0 aromatic rings. The molecule has 4 N–H and O–H groups in total. The fourth-order valence-corrected chi connectivity index (χ4v) is 1.71. The number of hydrogen-bond donors (Lipinski definition) is 4. The van der Waals surface area contributed by atoms with Crippen LogP contribution in [0, 0.1) is 0 Å². The Kier molecular flexibility index (Phi) is 5.37. The van der Waals surface area contributed by atoms with E-state index in [1.54, 1.807) is 0 Å². The van der Waals surface area contributed by atoms with Gasteiger partial charge in [0.15, 0.2) is 6.04 Å². The summed E-state index contributed by atoms with van der Waals surface area (Å²) in [5.41, 5.74) is 0. The molecule has 9 nitrogen and oxygen atoms in total. The van der Waals surface area contributed by atoms with Crippen molar-refractivity contribution in [2.75, 3.05) is 26.8 Å². The zero-order valence-corrected chi connectivity index (χ0v) is 10.5. The van der Waals surface area contributed by atoms with Gasteiger partial charge >= 0.3 is 18.1 Å². The lowest BCUT2D eigenvalue weighted by atomic mass is 10.3. The first-order valence-electron chi connectivity index (χ1n) is 5.71. The number of nitrogens with one attached hydrogen (secondary N) is 2. The number of carbonyl (C=O) groups excluding carboxylic acids is 2. The number of alkyl carbamates (subject to hydrolysis) is 1. The largest absolute Gasteiger partial charge is 0.480 e. The van der Waals surface area contributed by atoms with Crippen molar-refractivity contribution < 1.29 is 29.3 Å². The highest BCUT2D eigenvalue weighted by molar-refractivity contribution is 5.82. The highest BCUT2D eigenvalue weighted by atomic mass is 16.5. The molecule has 0 aromatic heterocycles. The van der Waals surface area contributed by atoms with Gasteiger partial charge < -0.3 is 30.5 Å². The van der Waals surface area contributed by atoms with E-state index < -0.39 is 30.7 Å². The topological polar surface area (TPSA) is 128 Å². The third-order valence-corrected chi connectivity index (χ3v) is 2.76. The van der Waals surface area contributed by atoms with Crippen molar-refractivity contribution in [1.82, 2.24) is 15.5 Å². The maximum atomic E-state index is 11.7. The fraction of sp³-hybridized carbons (Fsp3) is 0.700. The van der Waals surface area contributed by atoms with Crippen LogP contribution in [-0.2, 0) is 9.53 Å². The molecule has 0 saturated carbocycles. The van der Waals surface area contributed by atoms with Crippen LogP contribution in [0.25, 0.3) is 0 Å². The number of aliphatic hydroxyl groups excluding tert-OH is 1. The van der Waals surface area contributed by atoms with Crippen molar-refractivity contribution in [3.05, 3.63) is 0 Å². The molecule has 19 heavy (non-hydrogen) atoms. The zero-order chi connectivity index (χ0) is 14.4. The highest BCUT2D eigenvalue weighted by Crippen LogP contribution is 2.09. The summed E-state index contributed by atoms with van der Waals surface area (Å²) in [5.74, 6) is -1.31. The monoisotopic (exact) mass is 275 g/mol. The second-order valence-electron chi connectivity index (χ2n) is 4.09. The number of likely N-dealkylation sites (tertiary alicyclic amines) is 1. The van der Waals surface area contributed by atoms with Crippen LogP contribution < -0.4 is 10.6 Å². The van der Waals surface area contributed by atoms with Crippen LogP contribution in [0.15, 0.2) is 0 Å². The van der Waals surface area contributed by atoms with Gasteiger partial charge in [-0.2, -0.15) is 0 Å². The predicted molar refractivity (Wildman–Crippen MR) is 62.6 cm³/mol. The molecule has 1 fully saturated rings. The number of amides is 3. The molecule has 1 unspecified atom stereocenters. The molecule has 0 spiro atoms. The van der Waals surface area contributed by atoms with Gasteiger partial charge in [-0.1, -0.05) is 0 Å². The van der Waals surface area contributed by atoms with Crippen molar-refractivity contribution in [2.24, 2.45) is 0 Å². The normalized spacial score (nSPS) is 19.7. The molecule has 0 radical (unpaired) electrons. The summed E-state index contributed by atoms with van der Waals surface area (Å²) < 4.78 is 4.44. The van der Waals surface area contributed by atoms with Crippen LogP contribution in [-0.4, -0.2) is 72.1 Å². The van der Waals surface area contributed by atoms with Crippen molar-refractivity contribution in [3.63, 3.8) is 0 Å². The van der Waals surface area contributed by atoms with E-state index in [9.17, 15) is 14.4 Å². The second-order valence-corrected chi connectivity index (χ2v) is 4.09. The van der Waals surface area contributed by atoms with E-state index in [-0.39, 0.29) is 12.6 Å². The molecule has 0 aliphatic carbocycles. The SMILES string of the molecule is COC(=O)NC1CCN(C(=O)N[C@H](CO)C(=O)O)C1. The van der Waals surface area contributed by atoms with E-state index in [1.807, 2.05) is 0 Å². The van der Waals surface area contributed by atoms with Crippen LogP contribution in [0.1, 0.15) is 6.42 Å². The van der Waals surface area contributed by atoms with Crippen molar-refractivity contribution >= 4 is 18.1 Å². The molecule has 1 saturated heterocycles. The Morgan fingerprint density at radius 1 is 1.47 bits per heavy atom. The van der Waals surface area contributed by atoms with Gasteiger partial charge in [-0.05, 0) is 6.42 Å². The smallest absolute Gasteiger partial charge is 0.407 e. The van der Waals surface area contributed by atoms with Gasteiger partial charge in [0, 0.05) is 13.1 Å². The van der Waals surface area contributed by atoms with Crippen LogP contribution >= 0.6 is 0 Å². The number of methoxy groups -OCH3 is 1. The molecule has 108 valence electrons. The van der Waals surface area contributed by atoms with Crippen molar-refractivity contribution in [3.8, 4) is 0 Å². The average molecular weight is 275 g/mol. The lowest BCUT2D eigenvalue weighted by Gasteiger charge is -2.20. The molecular weight excluding hydrogens is 258 g/mol. The minimum atomic E-state index is -1.33. The Morgan fingerprint density at radius 3 is 2.68 bits per heavy atom. The molecule has 0 aromatic carbocycles. The van der Waals surface area contributed by atoms with Crippen LogP contribution in [0.4, 0.5) is 9.59 Å².